The van der Waals surface area contributed by atoms with Gasteiger partial charge in [-0.05, 0) is 53.4 Å². The molecule has 9 nitrogen and oxygen atoms in total. The van der Waals surface area contributed by atoms with Crippen molar-refractivity contribution in [2.24, 2.45) is 0 Å². The lowest BCUT2D eigenvalue weighted by atomic mass is 10.0. The van der Waals surface area contributed by atoms with Crippen molar-refractivity contribution in [1.29, 1.82) is 0 Å². The lowest BCUT2D eigenvalue weighted by Crippen LogP contribution is -2.33. The number of hydrogen-bond acceptors (Lipinski definition) is 4. The number of amides is 4. The number of hydrogen-bond donors (Lipinski definition) is 4. The minimum Gasteiger partial charge on any atom is -0.481 e. The number of carboxylic acid groups (broad SMARTS) is 1. The molecule has 0 aliphatic carbocycles. The van der Waals surface area contributed by atoms with Crippen LogP contribution in [0, 0.1) is 0 Å². The fraction of sp³-hybridized carbons (Fsp3) is 0.214. The molecule has 0 unspecified atom stereocenters. The Kier molecular flexibility index (Phi) is 7.83. The van der Waals surface area contributed by atoms with E-state index in [2.05, 4.69) is 16.0 Å². The molecule has 1 aliphatic heterocycles. The Bertz CT molecular complexity index is 1290. The maximum Gasteiger partial charge on any atom is 0.326 e. The first-order valence-electron chi connectivity index (χ1n) is 11.9. The number of anilines is 3. The van der Waals surface area contributed by atoms with Crippen molar-refractivity contribution >= 4 is 40.9 Å². The first kappa shape index (κ1) is 25.4. The highest BCUT2D eigenvalue weighted by atomic mass is 16.4. The van der Waals surface area contributed by atoms with E-state index in [4.69, 9.17) is 5.11 Å². The minimum atomic E-state index is -1.02. The van der Waals surface area contributed by atoms with Crippen LogP contribution in [0.3, 0.4) is 0 Å². The van der Waals surface area contributed by atoms with Crippen LogP contribution in [-0.4, -0.2) is 35.5 Å². The van der Waals surface area contributed by atoms with Gasteiger partial charge in [0.1, 0.15) is 0 Å². The van der Waals surface area contributed by atoms with Gasteiger partial charge in [0.15, 0.2) is 0 Å². The summed E-state index contributed by atoms with van der Waals surface area (Å²) in [7, 11) is 0. The van der Waals surface area contributed by atoms with E-state index in [1.165, 1.54) is 6.92 Å². The SMILES string of the molecule is CC(=O)N[C@H](CC(=O)O)c1ccc(NC(=O)Cc2ccc(NC(=O)N3CCc4ccccc43)cc2)cc1. The third-order valence-corrected chi connectivity index (χ3v) is 6.06. The lowest BCUT2D eigenvalue weighted by Gasteiger charge is -2.18. The smallest absolute Gasteiger partial charge is 0.326 e. The average molecular weight is 501 g/mol. The molecule has 9 heteroatoms. The van der Waals surface area contributed by atoms with Gasteiger partial charge in [0.2, 0.25) is 11.8 Å². The molecule has 190 valence electrons. The molecule has 3 aromatic rings. The summed E-state index contributed by atoms with van der Waals surface area (Å²) in [5.41, 5.74) is 4.69. The predicted octanol–water partition coefficient (Wildman–Crippen LogP) is 4.11. The Balaban J connectivity index is 1.30. The first-order chi connectivity index (χ1) is 17.8. The number of para-hydroxylation sites is 1. The number of rotatable bonds is 8. The van der Waals surface area contributed by atoms with Crippen LogP contribution in [0.2, 0.25) is 0 Å². The van der Waals surface area contributed by atoms with E-state index in [9.17, 15) is 19.2 Å². The van der Waals surface area contributed by atoms with Crippen molar-refractivity contribution in [3.8, 4) is 0 Å². The topological polar surface area (TPSA) is 128 Å². The van der Waals surface area contributed by atoms with Gasteiger partial charge in [-0.1, -0.05) is 42.5 Å². The van der Waals surface area contributed by atoms with Crippen LogP contribution < -0.4 is 20.9 Å². The fourth-order valence-corrected chi connectivity index (χ4v) is 4.31. The molecule has 4 amide bonds. The van der Waals surface area contributed by atoms with Gasteiger partial charge >= 0.3 is 12.0 Å². The van der Waals surface area contributed by atoms with Gasteiger partial charge in [0.25, 0.3) is 0 Å². The predicted molar refractivity (Wildman–Crippen MR) is 141 cm³/mol. The van der Waals surface area contributed by atoms with Crippen LogP contribution in [0.25, 0.3) is 0 Å². The van der Waals surface area contributed by atoms with Crippen LogP contribution >= 0.6 is 0 Å². The third kappa shape index (κ3) is 6.72. The molecule has 1 heterocycles. The molecule has 0 radical (unpaired) electrons. The summed E-state index contributed by atoms with van der Waals surface area (Å²) in [6.45, 7) is 1.97. The molecular weight excluding hydrogens is 472 g/mol. The van der Waals surface area contributed by atoms with Crippen molar-refractivity contribution in [3.05, 3.63) is 89.5 Å². The normalized spacial score (nSPS) is 12.8. The molecule has 4 N–H and O–H groups in total. The Labute approximate surface area is 214 Å². The van der Waals surface area contributed by atoms with Crippen molar-refractivity contribution in [2.75, 3.05) is 22.1 Å². The Morgan fingerprint density at radius 2 is 1.54 bits per heavy atom. The van der Waals surface area contributed by atoms with Crippen LogP contribution in [0.4, 0.5) is 21.9 Å². The first-order valence-corrected chi connectivity index (χ1v) is 11.9. The molecule has 37 heavy (non-hydrogen) atoms. The van der Waals surface area contributed by atoms with Crippen LogP contribution in [0.15, 0.2) is 72.8 Å². The van der Waals surface area contributed by atoms with E-state index in [0.29, 0.717) is 23.5 Å². The van der Waals surface area contributed by atoms with Gasteiger partial charge in [0.05, 0.1) is 18.9 Å². The number of nitrogens with zero attached hydrogens (tertiary/aromatic N) is 1. The molecule has 1 atom stereocenters. The second kappa shape index (κ2) is 11.4. The van der Waals surface area contributed by atoms with E-state index < -0.39 is 12.0 Å². The minimum absolute atomic E-state index is 0.142. The second-order valence-electron chi connectivity index (χ2n) is 8.86. The highest BCUT2D eigenvalue weighted by molar-refractivity contribution is 6.03. The summed E-state index contributed by atoms with van der Waals surface area (Å²) < 4.78 is 0. The van der Waals surface area contributed by atoms with Gasteiger partial charge < -0.3 is 21.1 Å². The quantitative estimate of drug-likeness (QED) is 0.370. The summed E-state index contributed by atoms with van der Waals surface area (Å²) in [6.07, 6.45) is 0.731. The Morgan fingerprint density at radius 3 is 2.22 bits per heavy atom. The van der Waals surface area contributed by atoms with Gasteiger partial charge in [0, 0.05) is 30.5 Å². The van der Waals surface area contributed by atoms with E-state index in [-0.39, 0.29) is 30.7 Å². The highest BCUT2D eigenvalue weighted by Gasteiger charge is 2.24. The largest absolute Gasteiger partial charge is 0.481 e. The summed E-state index contributed by atoms with van der Waals surface area (Å²) in [4.78, 5) is 49.4. The van der Waals surface area contributed by atoms with Gasteiger partial charge in [-0.25, -0.2) is 4.79 Å². The molecular formula is C28H28N4O5. The molecule has 4 rings (SSSR count). The van der Waals surface area contributed by atoms with Crippen LogP contribution in [-0.2, 0) is 27.2 Å². The highest BCUT2D eigenvalue weighted by Crippen LogP contribution is 2.28. The summed E-state index contributed by atoms with van der Waals surface area (Å²) >= 11 is 0. The van der Waals surface area contributed by atoms with E-state index >= 15 is 0 Å². The number of carbonyl (C=O) groups excluding carboxylic acids is 3. The van der Waals surface area contributed by atoms with Crippen molar-refractivity contribution in [3.63, 3.8) is 0 Å². The Morgan fingerprint density at radius 1 is 0.892 bits per heavy atom. The number of fused-ring (bicyclic) bond motifs is 1. The van der Waals surface area contributed by atoms with Crippen molar-refractivity contribution < 1.29 is 24.3 Å². The third-order valence-electron chi connectivity index (χ3n) is 6.06. The van der Waals surface area contributed by atoms with E-state index in [1.54, 1.807) is 53.4 Å². The fourth-order valence-electron chi connectivity index (χ4n) is 4.31. The molecule has 0 spiro atoms. The molecule has 0 saturated heterocycles. The van der Waals surface area contributed by atoms with Crippen LogP contribution in [0.5, 0.6) is 0 Å². The zero-order valence-electron chi connectivity index (χ0n) is 20.4. The van der Waals surface area contributed by atoms with Crippen LogP contribution in [0.1, 0.15) is 36.1 Å². The molecule has 0 fully saturated rings. The number of benzene rings is 3. The molecule has 0 aromatic heterocycles. The average Bonchev–Trinajstić information content (AvgIpc) is 3.29. The molecule has 1 aliphatic rings. The molecule has 0 bridgehead atoms. The number of carboxylic acids is 1. The summed E-state index contributed by atoms with van der Waals surface area (Å²) in [6, 6.07) is 20.8. The van der Waals surface area contributed by atoms with Gasteiger partial charge in [-0.15, -0.1) is 0 Å². The zero-order chi connectivity index (χ0) is 26.4. The maximum absolute atomic E-state index is 12.7. The summed E-state index contributed by atoms with van der Waals surface area (Å²) in [5.74, 6) is -1.57. The van der Waals surface area contributed by atoms with E-state index in [0.717, 1.165) is 23.2 Å². The standard InChI is InChI=1S/C28H28N4O5/c1-18(33)29-24(17-27(35)36)20-8-12-22(13-9-20)30-26(34)16-19-6-10-23(11-7-19)31-28(37)32-15-14-21-4-2-3-5-25(21)32/h2-13,24H,14-17H2,1H3,(H,29,33)(H,30,34)(H,31,37)(H,35,36)/t24-/m1/s1. The molecule has 3 aromatic carbocycles. The number of urea groups is 1. The second-order valence-corrected chi connectivity index (χ2v) is 8.86. The molecule has 0 saturated carbocycles. The zero-order valence-corrected chi connectivity index (χ0v) is 20.4. The van der Waals surface area contributed by atoms with Gasteiger partial charge in [-0.2, -0.15) is 0 Å². The number of nitrogens with one attached hydrogen (secondary N) is 3. The summed E-state index contributed by atoms with van der Waals surface area (Å²) in [5, 5.41) is 17.4. The van der Waals surface area contributed by atoms with E-state index in [1.807, 2.05) is 24.3 Å². The maximum atomic E-state index is 12.7. The monoisotopic (exact) mass is 500 g/mol. The number of carbonyl (C=O) groups is 4. The lowest BCUT2D eigenvalue weighted by molar-refractivity contribution is -0.137. The Hall–Kier alpha value is -4.66. The van der Waals surface area contributed by atoms with Crippen molar-refractivity contribution in [1.82, 2.24) is 5.32 Å². The number of aliphatic carboxylic acids is 1. The van der Waals surface area contributed by atoms with Gasteiger partial charge in [-0.3, -0.25) is 19.3 Å². The van der Waals surface area contributed by atoms with Crippen molar-refractivity contribution in [2.45, 2.75) is 32.2 Å².